The fraction of sp³-hybridized carbons (Fsp3) is 0. The Morgan fingerprint density at radius 3 is 1.89 bits per heavy atom. The maximum atomic E-state index is 11.8. The topological polar surface area (TPSA) is 69.6 Å². The van der Waals surface area contributed by atoms with Gasteiger partial charge in [0.15, 0.2) is 0 Å². The zero-order chi connectivity index (χ0) is 13.0. The van der Waals surface area contributed by atoms with Gasteiger partial charge in [-0.3, -0.25) is 0 Å². The molecule has 0 atom stereocenters. The molecule has 0 fully saturated rings. The molecule has 0 heterocycles. The van der Waals surface area contributed by atoms with E-state index in [9.17, 15) is 13.5 Å². The van der Waals surface area contributed by atoms with E-state index < -0.39 is 15.9 Å². The van der Waals surface area contributed by atoms with Gasteiger partial charge in [0.25, 0.3) is 10.0 Å². The summed E-state index contributed by atoms with van der Waals surface area (Å²) in [6.07, 6.45) is 0. The molecular weight excluding hydrogens is 273 g/mol. The molecule has 2 aromatic carbocycles. The minimum Gasteiger partial charge on any atom is -0.858 e. The average molecular weight is 283 g/mol. The van der Waals surface area contributed by atoms with Crippen molar-refractivity contribution in [3.8, 4) is 0 Å². The van der Waals surface area contributed by atoms with Crippen LogP contribution in [0.1, 0.15) is 5.56 Å². The molecule has 92 valence electrons. The summed E-state index contributed by atoms with van der Waals surface area (Å²) in [5, 5.41) is 11.7. The van der Waals surface area contributed by atoms with E-state index in [-0.39, 0.29) is 40.0 Å². The maximum Gasteiger partial charge on any atom is 1.00 e. The average Bonchev–Trinajstić information content (AvgIpc) is 2.40. The molecule has 0 radical (unpaired) electrons. The van der Waals surface area contributed by atoms with E-state index in [2.05, 4.69) is 4.40 Å². The largest absolute Gasteiger partial charge is 1.00 e. The molecule has 0 aliphatic rings. The second-order valence-corrected chi connectivity index (χ2v) is 5.15. The van der Waals surface area contributed by atoms with E-state index >= 15 is 0 Å². The molecule has 0 bridgehead atoms. The summed E-state index contributed by atoms with van der Waals surface area (Å²) in [5.41, 5.74) is 0.247. The van der Waals surface area contributed by atoms with E-state index in [1.54, 1.807) is 36.4 Å². The van der Waals surface area contributed by atoms with E-state index in [1.165, 1.54) is 24.3 Å². The Morgan fingerprint density at radius 2 is 1.37 bits per heavy atom. The van der Waals surface area contributed by atoms with Crippen LogP contribution in [0, 0.1) is 0 Å². The Kier molecular flexibility index (Phi) is 5.75. The molecule has 0 saturated heterocycles. The Morgan fingerprint density at radius 1 is 0.895 bits per heavy atom. The van der Waals surface area contributed by atoms with Crippen LogP contribution >= 0.6 is 0 Å². The van der Waals surface area contributed by atoms with Crippen molar-refractivity contribution in [3.63, 3.8) is 0 Å². The Bertz CT molecular complexity index is 655. The van der Waals surface area contributed by atoms with Crippen molar-refractivity contribution >= 4 is 15.9 Å². The summed E-state index contributed by atoms with van der Waals surface area (Å²) in [7, 11) is -3.93. The predicted molar refractivity (Wildman–Crippen MR) is 66.6 cm³/mol. The monoisotopic (exact) mass is 283 g/mol. The van der Waals surface area contributed by atoms with Crippen LogP contribution < -0.4 is 34.7 Å². The van der Waals surface area contributed by atoms with Crippen LogP contribution in [0.2, 0.25) is 0 Å². The minimum absolute atomic E-state index is 0. The number of benzene rings is 2. The third-order valence-electron chi connectivity index (χ3n) is 2.26. The van der Waals surface area contributed by atoms with Crippen LogP contribution in [0.15, 0.2) is 70.0 Å². The molecule has 0 spiro atoms. The van der Waals surface area contributed by atoms with Gasteiger partial charge in [-0.15, -0.1) is 0 Å². The zero-order valence-corrected chi connectivity index (χ0v) is 13.2. The molecule has 19 heavy (non-hydrogen) atoms. The van der Waals surface area contributed by atoms with Crippen molar-refractivity contribution in [2.45, 2.75) is 4.90 Å². The predicted octanol–water partition coefficient (Wildman–Crippen LogP) is -1.81. The van der Waals surface area contributed by atoms with Crippen molar-refractivity contribution < 1.29 is 43.1 Å². The van der Waals surface area contributed by atoms with Crippen LogP contribution in [0.4, 0.5) is 0 Å². The smallest absolute Gasteiger partial charge is 0.858 e. The molecule has 0 aliphatic carbocycles. The fourth-order valence-corrected chi connectivity index (χ4v) is 2.32. The van der Waals surface area contributed by atoms with Gasteiger partial charge >= 0.3 is 29.6 Å². The van der Waals surface area contributed by atoms with Gasteiger partial charge in [-0.25, -0.2) is 0 Å². The minimum atomic E-state index is -3.93. The molecule has 0 aliphatic heterocycles. The van der Waals surface area contributed by atoms with Gasteiger partial charge in [-0.1, -0.05) is 48.5 Å². The first kappa shape index (κ1) is 15.9. The van der Waals surface area contributed by atoms with Crippen molar-refractivity contribution in [1.82, 2.24) is 0 Å². The first-order chi connectivity index (χ1) is 8.59. The molecule has 0 saturated carbocycles. The van der Waals surface area contributed by atoms with Crippen LogP contribution in [0.25, 0.3) is 0 Å². The number of hydrogen-bond acceptors (Lipinski definition) is 3. The summed E-state index contributed by atoms with van der Waals surface area (Å²) in [6, 6.07) is 15.7. The molecule has 0 unspecified atom stereocenters. The molecular formula is C13H10NNaO3S. The van der Waals surface area contributed by atoms with Crippen molar-refractivity contribution in [3.05, 3.63) is 66.2 Å². The standard InChI is InChI=1S/C13H11NO3S.Na/c15-13(11-7-3-1-4-8-11)14-18(16,17)12-9-5-2-6-10-12;/h1-10H,(H,14,15);/q;+1/p-1. The van der Waals surface area contributed by atoms with Gasteiger partial charge in [0, 0.05) is 5.90 Å². The van der Waals surface area contributed by atoms with Crippen LogP contribution in [0.5, 0.6) is 0 Å². The van der Waals surface area contributed by atoms with Gasteiger partial charge in [0.1, 0.15) is 0 Å². The van der Waals surface area contributed by atoms with Crippen LogP contribution in [-0.2, 0) is 10.0 Å². The van der Waals surface area contributed by atoms with E-state index in [1.807, 2.05) is 0 Å². The molecule has 2 rings (SSSR count). The number of rotatable bonds is 3. The normalized spacial score (nSPS) is 11.7. The molecule has 6 heteroatoms. The molecule has 0 N–H and O–H groups in total. The second kappa shape index (κ2) is 6.86. The van der Waals surface area contributed by atoms with Gasteiger partial charge in [-0.05, 0) is 17.7 Å². The first-order valence-electron chi connectivity index (χ1n) is 5.22. The quantitative estimate of drug-likeness (QED) is 0.379. The fourth-order valence-electron chi connectivity index (χ4n) is 1.39. The van der Waals surface area contributed by atoms with Crippen molar-refractivity contribution in [1.29, 1.82) is 0 Å². The zero-order valence-electron chi connectivity index (χ0n) is 10.4. The van der Waals surface area contributed by atoms with Crippen LogP contribution in [-0.4, -0.2) is 14.3 Å². The number of nitrogens with zero attached hydrogens (tertiary/aromatic N) is 1. The second-order valence-electron chi connectivity index (χ2n) is 3.55. The SMILES string of the molecule is O=S(=O)(/N=C(/[O-])c1ccccc1)c1ccccc1.[Na+]. The third kappa shape index (κ3) is 4.18. The van der Waals surface area contributed by atoms with Crippen molar-refractivity contribution in [2.75, 3.05) is 0 Å². The summed E-state index contributed by atoms with van der Waals surface area (Å²) in [5.74, 6) is -0.764. The van der Waals surface area contributed by atoms with Gasteiger partial charge < -0.3 is 5.11 Å². The molecule has 0 aromatic heterocycles. The summed E-state index contributed by atoms with van der Waals surface area (Å²) >= 11 is 0. The number of hydrogen-bond donors (Lipinski definition) is 0. The Balaban J connectivity index is 0.00000180. The van der Waals surface area contributed by atoms with Crippen LogP contribution in [0.3, 0.4) is 0 Å². The van der Waals surface area contributed by atoms with E-state index in [4.69, 9.17) is 0 Å². The van der Waals surface area contributed by atoms with Crippen molar-refractivity contribution in [2.24, 2.45) is 4.40 Å². The maximum absolute atomic E-state index is 11.8. The number of sulfonamides is 1. The Hall–Kier alpha value is -1.14. The third-order valence-corrected chi connectivity index (χ3v) is 3.54. The summed E-state index contributed by atoms with van der Waals surface area (Å²) < 4.78 is 26.9. The summed E-state index contributed by atoms with van der Waals surface area (Å²) in [4.78, 5) is 0.00859. The summed E-state index contributed by atoms with van der Waals surface area (Å²) in [6.45, 7) is 0. The van der Waals surface area contributed by atoms with E-state index in [0.29, 0.717) is 0 Å². The van der Waals surface area contributed by atoms with E-state index in [0.717, 1.165) is 0 Å². The van der Waals surface area contributed by atoms with Gasteiger partial charge in [0.2, 0.25) is 0 Å². The molecule has 0 amide bonds. The van der Waals surface area contributed by atoms with Gasteiger partial charge in [-0.2, -0.15) is 12.8 Å². The molecule has 4 nitrogen and oxygen atoms in total. The molecule has 2 aromatic rings. The van der Waals surface area contributed by atoms with Gasteiger partial charge in [0.05, 0.1) is 4.90 Å². The first-order valence-corrected chi connectivity index (χ1v) is 6.66. The Labute approximate surface area is 134 Å².